The van der Waals surface area contributed by atoms with E-state index in [1.54, 1.807) is 19.2 Å². The largest absolute Gasteiger partial charge is 0.497 e. The van der Waals surface area contributed by atoms with Gasteiger partial charge in [-0.2, -0.15) is 0 Å². The Kier molecular flexibility index (Phi) is 5.89. The fourth-order valence-corrected chi connectivity index (χ4v) is 3.20. The third-order valence-corrected chi connectivity index (χ3v) is 5.00. The first-order chi connectivity index (χ1) is 12.6. The highest BCUT2D eigenvalue weighted by atomic mass is 19.1. The molecule has 0 spiro atoms. The Balaban J connectivity index is 1.58. The van der Waals surface area contributed by atoms with Crippen molar-refractivity contribution in [3.8, 4) is 5.75 Å². The second kappa shape index (κ2) is 8.32. The number of rotatable bonds is 8. The molecular formula is C21H26FN2O2+. The molecule has 0 saturated heterocycles. The number of carbonyl (C=O) groups is 1. The smallest absolute Gasteiger partial charge is 0.278 e. The minimum atomic E-state index is -0.230. The van der Waals surface area contributed by atoms with Crippen LogP contribution >= 0.6 is 0 Å². The molecule has 2 atom stereocenters. The second-order valence-electron chi connectivity index (χ2n) is 6.94. The summed E-state index contributed by atoms with van der Waals surface area (Å²) in [4.78, 5) is 13.9. The highest BCUT2D eigenvalue weighted by Gasteiger charge is 2.39. The van der Waals surface area contributed by atoms with Crippen molar-refractivity contribution in [3.05, 3.63) is 65.5 Å². The molecule has 0 bridgehead atoms. The number of hydrogen-bond acceptors (Lipinski definition) is 2. The quantitative estimate of drug-likeness (QED) is 0.760. The zero-order chi connectivity index (χ0) is 18.5. The fraction of sp³-hybridized carbons (Fsp3) is 0.381. The Bertz CT molecular complexity index is 727. The molecule has 26 heavy (non-hydrogen) atoms. The van der Waals surface area contributed by atoms with Crippen LogP contribution in [0.5, 0.6) is 5.75 Å². The summed E-state index contributed by atoms with van der Waals surface area (Å²) >= 11 is 0. The number of halogens is 1. The number of hydrogen-bond donors (Lipinski definition) is 2. The van der Waals surface area contributed by atoms with Crippen LogP contribution in [-0.2, 0) is 17.9 Å². The number of amides is 1. The maximum absolute atomic E-state index is 13.1. The molecule has 1 fully saturated rings. The fourth-order valence-electron chi connectivity index (χ4n) is 3.20. The van der Waals surface area contributed by atoms with E-state index >= 15 is 0 Å². The topological polar surface area (TPSA) is 42.8 Å². The molecule has 1 aliphatic carbocycles. The van der Waals surface area contributed by atoms with Crippen molar-refractivity contribution in [2.75, 3.05) is 7.11 Å². The first kappa shape index (κ1) is 18.4. The standard InChI is InChI=1S/C21H25FN2O2/c1-15(21(25)23-13-16-5-11-20(26-2)12-6-16)24(19-9-10-19)14-17-3-7-18(22)8-4-17/h3-8,11-12,15,19H,9-10,13-14H2,1-2H3,(H,23,25)/p+1/t15-/m0/s1. The Morgan fingerprint density at radius 2 is 1.77 bits per heavy atom. The number of benzene rings is 2. The summed E-state index contributed by atoms with van der Waals surface area (Å²) in [5, 5.41) is 3.03. The highest BCUT2D eigenvalue weighted by molar-refractivity contribution is 5.79. The van der Waals surface area contributed by atoms with Crippen LogP contribution in [0.3, 0.4) is 0 Å². The number of quaternary nitrogens is 1. The van der Waals surface area contributed by atoms with E-state index < -0.39 is 0 Å². The minimum absolute atomic E-state index is 0.0461. The zero-order valence-electron chi connectivity index (χ0n) is 15.3. The van der Waals surface area contributed by atoms with Crippen LogP contribution in [0.4, 0.5) is 4.39 Å². The van der Waals surface area contributed by atoms with Gasteiger partial charge in [0.15, 0.2) is 6.04 Å². The SMILES string of the molecule is COc1ccc(CNC(=O)[C@H](C)[NH+](Cc2ccc(F)cc2)C2CC2)cc1. The number of carbonyl (C=O) groups excluding carboxylic acids is 1. The second-order valence-corrected chi connectivity index (χ2v) is 6.94. The van der Waals surface area contributed by atoms with Gasteiger partial charge in [0, 0.05) is 24.9 Å². The van der Waals surface area contributed by atoms with Crippen molar-refractivity contribution in [2.45, 2.75) is 44.9 Å². The van der Waals surface area contributed by atoms with Crippen molar-refractivity contribution in [2.24, 2.45) is 0 Å². The first-order valence-corrected chi connectivity index (χ1v) is 9.07. The molecule has 0 radical (unpaired) electrons. The molecule has 3 rings (SSSR count). The Morgan fingerprint density at radius 3 is 2.35 bits per heavy atom. The first-order valence-electron chi connectivity index (χ1n) is 9.07. The molecule has 138 valence electrons. The third kappa shape index (κ3) is 4.82. The summed E-state index contributed by atoms with van der Waals surface area (Å²) in [6.07, 6.45) is 2.29. The predicted octanol–water partition coefficient (Wildman–Crippen LogP) is 2.09. The van der Waals surface area contributed by atoms with E-state index in [1.165, 1.54) is 17.0 Å². The minimum Gasteiger partial charge on any atom is -0.497 e. The van der Waals surface area contributed by atoms with Gasteiger partial charge < -0.3 is 15.0 Å². The van der Waals surface area contributed by atoms with E-state index in [4.69, 9.17) is 4.74 Å². The molecule has 2 aromatic rings. The average molecular weight is 357 g/mol. The van der Waals surface area contributed by atoms with Gasteiger partial charge in [0.05, 0.1) is 13.2 Å². The maximum atomic E-state index is 13.1. The van der Waals surface area contributed by atoms with Gasteiger partial charge in [-0.25, -0.2) is 4.39 Å². The summed E-state index contributed by atoms with van der Waals surface area (Å²) in [6, 6.07) is 14.6. The van der Waals surface area contributed by atoms with E-state index in [0.717, 1.165) is 36.3 Å². The van der Waals surface area contributed by atoms with Gasteiger partial charge in [-0.1, -0.05) is 24.3 Å². The molecule has 1 saturated carbocycles. The van der Waals surface area contributed by atoms with Crippen molar-refractivity contribution in [1.82, 2.24) is 5.32 Å². The Hall–Kier alpha value is -2.40. The molecular weight excluding hydrogens is 331 g/mol. The lowest BCUT2D eigenvalue weighted by Crippen LogP contribution is -3.16. The Morgan fingerprint density at radius 1 is 1.15 bits per heavy atom. The predicted molar refractivity (Wildman–Crippen MR) is 98.4 cm³/mol. The van der Waals surface area contributed by atoms with Crippen LogP contribution < -0.4 is 15.0 Å². The van der Waals surface area contributed by atoms with Gasteiger partial charge >= 0.3 is 0 Å². The van der Waals surface area contributed by atoms with Crippen LogP contribution in [0.1, 0.15) is 30.9 Å². The van der Waals surface area contributed by atoms with Gasteiger partial charge in [-0.3, -0.25) is 4.79 Å². The van der Waals surface area contributed by atoms with E-state index in [-0.39, 0.29) is 17.8 Å². The van der Waals surface area contributed by atoms with Gasteiger partial charge in [-0.05, 0) is 36.8 Å². The zero-order valence-corrected chi connectivity index (χ0v) is 15.3. The number of ether oxygens (including phenoxy) is 1. The number of methoxy groups -OCH3 is 1. The summed E-state index contributed by atoms with van der Waals surface area (Å²) in [5.74, 6) is 0.619. The highest BCUT2D eigenvalue weighted by Crippen LogP contribution is 2.17. The molecule has 1 amide bonds. The number of nitrogens with one attached hydrogen (secondary N) is 2. The van der Waals surface area contributed by atoms with E-state index in [2.05, 4.69) is 5.32 Å². The lowest BCUT2D eigenvalue weighted by Gasteiger charge is -2.25. The molecule has 2 N–H and O–H groups in total. The van der Waals surface area contributed by atoms with Crippen LogP contribution in [0.2, 0.25) is 0 Å². The lowest BCUT2D eigenvalue weighted by atomic mass is 10.1. The molecule has 1 unspecified atom stereocenters. The molecule has 1 aliphatic rings. The molecule has 0 heterocycles. The maximum Gasteiger partial charge on any atom is 0.278 e. The van der Waals surface area contributed by atoms with Crippen LogP contribution in [0, 0.1) is 5.82 Å². The van der Waals surface area contributed by atoms with Gasteiger partial charge in [0.25, 0.3) is 5.91 Å². The average Bonchev–Trinajstić information content (AvgIpc) is 3.50. The molecule has 2 aromatic carbocycles. The van der Waals surface area contributed by atoms with Gasteiger partial charge in [0.1, 0.15) is 18.1 Å². The van der Waals surface area contributed by atoms with Gasteiger partial charge in [-0.15, -0.1) is 0 Å². The summed E-state index contributed by atoms with van der Waals surface area (Å²) in [6.45, 7) is 3.21. The third-order valence-electron chi connectivity index (χ3n) is 5.00. The van der Waals surface area contributed by atoms with Crippen LogP contribution in [0.25, 0.3) is 0 Å². The molecule has 0 aromatic heterocycles. The van der Waals surface area contributed by atoms with Crippen molar-refractivity contribution in [1.29, 1.82) is 0 Å². The normalized spacial score (nSPS) is 16.0. The van der Waals surface area contributed by atoms with Gasteiger partial charge in [0.2, 0.25) is 0 Å². The van der Waals surface area contributed by atoms with Crippen LogP contribution in [-0.4, -0.2) is 25.1 Å². The van der Waals surface area contributed by atoms with E-state index in [1.807, 2.05) is 31.2 Å². The van der Waals surface area contributed by atoms with Crippen LogP contribution in [0.15, 0.2) is 48.5 Å². The lowest BCUT2D eigenvalue weighted by molar-refractivity contribution is -0.938. The van der Waals surface area contributed by atoms with E-state index in [9.17, 15) is 9.18 Å². The monoisotopic (exact) mass is 357 g/mol. The van der Waals surface area contributed by atoms with Crippen molar-refractivity contribution in [3.63, 3.8) is 0 Å². The Labute approximate surface area is 154 Å². The summed E-state index contributed by atoms with van der Waals surface area (Å²) < 4.78 is 18.3. The molecule has 0 aliphatic heterocycles. The van der Waals surface area contributed by atoms with Crippen molar-refractivity contribution >= 4 is 5.91 Å². The summed E-state index contributed by atoms with van der Waals surface area (Å²) in [5.41, 5.74) is 2.10. The molecule has 4 nitrogen and oxygen atoms in total. The van der Waals surface area contributed by atoms with E-state index in [0.29, 0.717) is 12.6 Å². The summed E-state index contributed by atoms with van der Waals surface area (Å²) in [7, 11) is 1.63. The molecule has 5 heteroatoms. The van der Waals surface area contributed by atoms with Crippen molar-refractivity contribution < 1.29 is 18.8 Å².